The number of hydrogen-bond donors (Lipinski definition) is 1. The molecule has 0 unspecified atom stereocenters. The van der Waals surface area contributed by atoms with E-state index < -0.39 is 0 Å². The molecule has 186 valence electrons. The number of fused-ring (bicyclic) bond motifs is 1. The van der Waals surface area contributed by atoms with E-state index in [9.17, 15) is 9.59 Å². The molecule has 0 fully saturated rings. The highest BCUT2D eigenvalue weighted by atomic mass is 16.5. The van der Waals surface area contributed by atoms with Crippen molar-refractivity contribution in [3.05, 3.63) is 89.7 Å². The van der Waals surface area contributed by atoms with E-state index in [1.807, 2.05) is 59.2 Å². The maximum Gasteiger partial charge on any atom is 0.251 e. The lowest BCUT2D eigenvalue weighted by Crippen LogP contribution is -2.24. The standard InChI is InChI=1S/C29H31N3O4/c1-35-26-17-16-22(19-27(26)36-2)29(34)30-18-10-4-7-15-28-31-23-13-8-9-14-24(23)32(28)20-25(33)21-11-5-3-6-12-21/h3,5-6,8-9,11-14,16-17,19H,4,7,10,15,18,20H2,1-2H3,(H,30,34). The van der Waals surface area contributed by atoms with Crippen LogP contribution in [0.2, 0.25) is 0 Å². The number of unbranched alkanes of at least 4 members (excludes halogenated alkanes) is 2. The Morgan fingerprint density at radius 1 is 0.833 bits per heavy atom. The second-order valence-electron chi connectivity index (χ2n) is 8.53. The van der Waals surface area contributed by atoms with E-state index in [2.05, 4.69) is 5.32 Å². The molecule has 0 aliphatic rings. The van der Waals surface area contributed by atoms with Gasteiger partial charge in [0, 0.05) is 24.1 Å². The van der Waals surface area contributed by atoms with Gasteiger partial charge in [-0.1, -0.05) is 48.9 Å². The van der Waals surface area contributed by atoms with E-state index in [4.69, 9.17) is 14.5 Å². The molecule has 1 amide bonds. The number of ketones is 1. The summed E-state index contributed by atoms with van der Waals surface area (Å²) >= 11 is 0. The lowest BCUT2D eigenvalue weighted by molar-refractivity contribution is 0.0950. The number of amides is 1. The van der Waals surface area contributed by atoms with E-state index in [-0.39, 0.29) is 18.2 Å². The highest BCUT2D eigenvalue weighted by Crippen LogP contribution is 2.27. The van der Waals surface area contributed by atoms with Gasteiger partial charge in [-0.2, -0.15) is 0 Å². The summed E-state index contributed by atoms with van der Waals surface area (Å²) in [7, 11) is 3.11. The highest BCUT2D eigenvalue weighted by molar-refractivity contribution is 5.96. The van der Waals surface area contributed by atoms with Crippen molar-refractivity contribution in [3.8, 4) is 11.5 Å². The summed E-state index contributed by atoms with van der Waals surface area (Å²) in [6, 6.07) is 22.4. The lowest BCUT2D eigenvalue weighted by atomic mass is 10.1. The van der Waals surface area contributed by atoms with Crippen LogP contribution >= 0.6 is 0 Å². The quantitative estimate of drug-likeness (QED) is 0.224. The molecule has 3 aromatic carbocycles. The Labute approximate surface area is 211 Å². The molecule has 0 saturated carbocycles. The average Bonchev–Trinajstić information content (AvgIpc) is 3.27. The molecular weight excluding hydrogens is 454 g/mol. The summed E-state index contributed by atoms with van der Waals surface area (Å²) in [5, 5.41) is 2.96. The predicted octanol–water partition coefficient (Wildman–Crippen LogP) is 5.08. The zero-order valence-corrected chi connectivity index (χ0v) is 20.7. The van der Waals surface area contributed by atoms with Gasteiger partial charge in [-0.3, -0.25) is 9.59 Å². The Balaban J connectivity index is 1.30. The van der Waals surface area contributed by atoms with Gasteiger partial charge in [0.05, 0.1) is 31.8 Å². The lowest BCUT2D eigenvalue weighted by Gasteiger charge is -2.10. The fourth-order valence-electron chi connectivity index (χ4n) is 4.22. The number of hydrogen-bond acceptors (Lipinski definition) is 5. The van der Waals surface area contributed by atoms with Crippen molar-refractivity contribution >= 4 is 22.7 Å². The largest absolute Gasteiger partial charge is 0.493 e. The summed E-state index contributed by atoms with van der Waals surface area (Å²) < 4.78 is 12.5. The van der Waals surface area contributed by atoms with E-state index in [0.29, 0.717) is 29.2 Å². The molecule has 0 bridgehead atoms. The maximum atomic E-state index is 12.9. The minimum atomic E-state index is -0.142. The maximum absolute atomic E-state index is 12.9. The number of imidazole rings is 1. The third-order valence-corrected chi connectivity index (χ3v) is 6.14. The van der Waals surface area contributed by atoms with Crippen molar-refractivity contribution in [2.75, 3.05) is 20.8 Å². The van der Waals surface area contributed by atoms with Crippen molar-refractivity contribution in [1.29, 1.82) is 0 Å². The first-order valence-corrected chi connectivity index (χ1v) is 12.1. The van der Waals surface area contributed by atoms with Crippen LogP contribution in [-0.2, 0) is 13.0 Å². The normalized spacial score (nSPS) is 10.8. The molecule has 1 N–H and O–H groups in total. The minimum Gasteiger partial charge on any atom is -0.493 e. The summed E-state index contributed by atoms with van der Waals surface area (Å²) in [5.74, 6) is 1.95. The number of nitrogens with one attached hydrogen (secondary N) is 1. The molecule has 7 nitrogen and oxygen atoms in total. The van der Waals surface area contributed by atoms with Crippen LogP contribution in [-0.4, -0.2) is 42.0 Å². The van der Waals surface area contributed by atoms with Gasteiger partial charge in [0.25, 0.3) is 5.91 Å². The van der Waals surface area contributed by atoms with Gasteiger partial charge in [0.15, 0.2) is 17.3 Å². The van der Waals surface area contributed by atoms with E-state index in [1.165, 1.54) is 0 Å². The smallest absolute Gasteiger partial charge is 0.251 e. The number of para-hydroxylation sites is 2. The summed E-state index contributed by atoms with van der Waals surface area (Å²) in [6.45, 7) is 0.845. The number of benzene rings is 3. The third-order valence-electron chi connectivity index (χ3n) is 6.14. The molecule has 0 atom stereocenters. The van der Waals surface area contributed by atoms with Gasteiger partial charge in [-0.25, -0.2) is 4.98 Å². The van der Waals surface area contributed by atoms with Gasteiger partial charge in [-0.05, 0) is 43.2 Å². The number of Topliss-reactive ketones (excluding diaryl/α,β-unsaturated/α-hetero) is 1. The number of carbonyl (C=O) groups excluding carboxylic acids is 2. The fourth-order valence-corrected chi connectivity index (χ4v) is 4.22. The van der Waals surface area contributed by atoms with Gasteiger partial charge < -0.3 is 19.4 Å². The number of carbonyl (C=O) groups is 2. The van der Waals surface area contributed by atoms with Crippen LogP contribution in [0.4, 0.5) is 0 Å². The predicted molar refractivity (Wildman–Crippen MR) is 140 cm³/mol. The first-order chi connectivity index (χ1) is 17.6. The molecule has 4 rings (SSSR count). The van der Waals surface area contributed by atoms with Crippen LogP contribution in [0.25, 0.3) is 11.0 Å². The van der Waals surface area contributed by atoms with E-state index >= 15 is 0 Å². The van der Waals surface area contributed by atoms with Crippen molar-refractivity contribution in [3.63, 3.8) is 0 Å². The number of aromatic nitrogens is 2. The minimum absolute atomic E-state index is 0.0675. The Kier molecular flexibility index (Phi) is 8.34. The average molecular weight is 486 g/mol. The molecule has 7 heteroatoms. The molecule has 4 aromatic rings. The van der Waals surface area contributed by atoms with Crippen molar-refractivity contribution in [2.24, 2.45) is 0 Å². The SMILES string of the molecule is COc1ccc(C(=O)NCCCCCc2nc3ccccc3n2CC(=O)c2ccccc2)cc1OC. The highest BCUT2D eigenvalue weighted by Gasteiger charge is 2.15. The molecule has 36 heavy (non-hydrogen) atoms. The van der Waals surface area contributed by atoms with E-state index in [0.717, 1.165) is 42.5 Å². The molecule has 1 heterocycles. The summed E-state index contributed by atoms with van der Waals surface area (Å²) in [5.41, 5.74) is 3.10. The van der Waals surface area contributed by atoms with Crippen LogP contribution in [0.15, 0.2) is 72.8 Å². The number of aryl methyl sites for hydroxylation is 1. The number of methoxy groups -OCH3 is 2. The second-order valence-corrected chi connectivity index (χ2v) is 8.53. The molecule has 0 spiro atoms. The molecule has 0 aliphatic carbocycles. The summed E-state index contributed by atoms with van der Waals surface area (Å²) in [4.78, 5) is 30.1. The fraction of sp³-hybridized carbons (Fsp3) is 0.276. The Morgan fingerprint density at radius 3 is 2.36 bits per heavy atom. The van der Waals surface area contributed by atoms with Crippen LogP contribution in [0.3, 0.4) is 0 Å². The molecule has 0 saturated heterocycles. The number of rotatable bonds is 12. The second kappa shape index (κ2) is 12.0. The van der Waals surface area contributed by atoms with Crippen molar-refractivity contribution in [1.82, 2.24) is 14.9 Å². The van der Waals surface area contributed by atoms with Crippen LogP contribution in [0, 0.1) is 0 Å². The van der Waals surface area contributed by atoms with Crippen LogP contribution < -0.4 is 14.8 Å². The topological polar surface area (TPSA) is 82.5 Å². The van der Waals surface area contributed by atoms with Gasteiger partial charge in [0.2, 0.25) is 0 Å². The zero-order chi connectivity index (χ0) is 25.3. The van der Waals surface area contributed by atoms with Gasteiger partial charge in [0.1, 0.15) is 5.82 Å². The van der Waals surface area contributed by atoms with Crippen LogP contribution in [0.1, 0.15) is 45.8 Å². The van der Waals surface area contributed by atoms with E-state index in [1.54, 1.807) is 32.4 Å². The number of ether oxygens (including phenoxy) is 2. The summed E-state index contributed by atoms with van der Waals surface area (Å²) in [6.07, 6.45) is 3.46. The molecular formula is C29H31N3O4. The van der Waals surface area contributed by atoms with Crippen LogP contribution in [0.5, 0.6) is 11.5 Å². The van der Waals surface area contributed by atoms with Crippen molar-refractivity contribution in [2.45, 2.75) is 32.2 Å². The molecule has 0 radical (unpaired) electrons. The molecule has 1 aromatic heterocycles. The third kappa shape index (κ3) is 5.92. The first-order valence-electron chi connectivity index (χ1n) is 12.1. The monoisotopic (exact) mass is 485 g/mol. The Morgan fingerprint density at radius 2 is 1.58 bits per heavy atom. The Bertz CT molecular complexity index is 1330. The van der Waals surface area contributed by atoms with Gasteiger partial charge >= 0.3 is 0 Å². The zero-order valence-electron chi connectivity index (χ0n) is 20.7. The number of nitrogens with zero attached hydrogens (tertiary/aromatic N) is 2. The van der Waals surface area contributed by atoms with Gasteiger partial charge in [-0.15, -0.1) is 0 Å². The Hall–Kier alpha value is -4.13. The van der Waals surface area contributed by atoms with Crippen molar-refractivity contribution < 1.29 is 19.1 Å². The molecule has 0 aliphatic heterocycles. The first kappa shape index (κ1) is 25.0.